The number of nitrogens with zero attached hydrogens (tertiary/aromatic N) is 2. The molecule has 2 aromatic heterocycles. The van der Waals surface area contributed by atoms with Gasteiger partial charge in [0.15, 0.2) is 0 Å². The van der Waals surface area contributed by atoms with Crippen LogP contribution in [0.2, 0.25) is 0 Å². The van der Waals surface area contributed by atoms with Gasteiger partial charge in [-0.15, -0.1) is 11.3 Å². The molecule has 1 fully saturated rings. The van der Waals surface area contributed by atoms with E-state index in [2.05, 4.69) is 57.7 Å². The van der Waals surface area contributed by atoms with Crippen LogP contribution in [0.3, 0.4) is 0 Å². The van der Waals surface area contributed by atoms with Gasteiger partial charge in [0, 0.05) is 17.8 Å². The fraction of sp³-hybridized carbons (Fsp3) is 0.571. The molecule has 1 atom stereocenters. The molecule has 0 spiro atoms. The summed E-state index contributed by atoms with van der Waals surface area (Å²) in [6.07, 6.45) is 2.60. The maximum atomic E-state index is 4.62. The van der Waals surface area contributed by atoms with Crippen LogP contribution in [0.25, 0.3) is 10.2 Å². The number of rotatable bonds is 5. The van der Waals surface area contributed by atoms with Gasteiger partial charge in [-0.3, -0.25) is 0 Å². The molecule has 3 rings (SSSR count). The summed E-state index contributed by atoms with van der Waals surface area (Å²) in [5, 5.41) is 9.96. The Hall–Kier alpha value is -1.01. The van der Waals surface area contributed by atoms with Crippen molar-refractivity contribution >= 4 is 45.1 Å². The number of thioether (sulfide) groups is 1. The molecule has 2 aromatic rings. The normalized spacial score (nSPS) is 22.3. The first kappa shape index (κ1) is 13.9. The molecule has 0 radical (unpaired) electrons. The summed E-state index contributed by atoms with van der Waals surface area (Å²) in [5.41, 5.74) is 0. The molecule has 1 aliphatic rings. The van der Waals surface area contributed by atoms with Crippen LogP contribution in [0.1, 0.15) is 26.7 Å². The standard InChI is InChI=1S/C14H20N4S2/c1-3-15-13-17-11(10-5-8-19-12(10)18-13)16-9-14(2)6-4-7-20-14/h5,8H,3-4,6-7,9H2,1-2H3,(H2,15,16,17,18). The summed E-state index contributed by atoms with van der Waals surface area (Å²) < 4.78 is 0.339. The number of hydrogen-bond donors (Lipinski definition) is 2. The first-order valence-electron chi connectivity index (χ1n) is 7.07. The lowest BCUT2D eigenvalue weighted by molar-refractivity contribution is 0.634. The molecule has 1 aliphatic heterocycles. The maximum Gasteiger partial charge on any atom is 0.226 e. The third-order valence-corrected chi connectivity index (χ3v) is 5.94. The molecule has 1 unspecified atom stereocenters. The van der Waals surface area contributed by atoms with Crippen LogP contribution in [0.4, 0.5) is 11.8 Å². The van der Waals surface area contributed by atoms with Crippen LogP contribution >= 0.6 is 23.1 Å². The summed E-state index contributed by atoms with van der Waals surface area (Å²) in [7, 11) is 0. The molecule has 1 saturated heterocycles. The molecule has 6 heteroatoms. The van der Waals surface area contributed by atoms with E-state index in [1.807, 2.05) is 0 Å². The lowest BCUT2D eigenvalue weighted by Gasteiger charge is -2.23. The lowest BCUT2D eigenvalue weighted by atomic mass is 10.1. The molecule has 0 aliphatic carbocycles. The quantitative estimate of drug-likeness (QED) is 0.879. The Bertz CT molecular complexity index is 590. The van der Waals surface area contributed by atoms with Crippen LogP contribution < -0.4 is 10.6 Å². The molecule has 0 amide bonds. The molecule has 108 valence electrons. The molecule has 3 heterocycles. The van der Waals surface area contributed by atoms with Crippen LogP contribution in [0.5, 0.6) is 0 Å². The topological polar surface area (TPSA) is 49.8 Å². The van der Waals surface area contributed by atoms with Crippen molar-refractivity contribution in [1.29, 1.82) is 0 Å². The molecule has 0 aromatic carbocycles. The molecule has 4 nitrogen and oxygen atoms in total. The van der Waals surface area contributed by atoms with Gasteiger partial charge in [0.05, 0.1) is 5.39 Å². The van der Waals surface area contributed by atoms with Gasteiger partial charge in [-0.25, -0.2) is 4.98 Å². The summed E-state index contributed by atoms with van der Waals surface area (Å²) in [5.74, 6) is 2.95. The van der Waals surface area contributed by atoms with Gasteiger partial charge in [-0.05, 0) is 43.9 Å². The van der Waals surface area contributed by atoms with E-state index in [0.717, 1.165) is 29.1 Å². The van der Waals surface area contributed by atoms with Gasteiger partial charge in [-0.2, -0.15) is 16.7 Å². The van der Waals surface area contributed by atoms with Gasteiger partial charge in [0.1, 0.15) is 10.6 Å². The molecular formula is C14H20N4S2. The van der Waals surface area contributed by atoms with Crippen LogP contribution in [-0.2, 0) is 0 Å². The number of hydrogen-bond acceptors (Lipinski definition) is 6. The fourth-order valence-electron chi connectivity index (χ4n) is 2.47. The predicted molar refractivity (Wildman–Crippen MR) is 90.2 cm³/mol. The van der Waals surface area contributed by atoms with Gasteiger partial charge < -0.3 is 10.6 Å². The second-order valence-electron chi connectivity index (χ2n) is 5.32. The predicted octanol–water partition coefficient (Wildman–Crippen LogP) is 3.82. The molecule has 0 saturated carbocycles. The van der Waals surface area contributed by atoms with Crippen LogP contribution in [-0.4, -0.2) is 33.6 Å². The minimum Gasteiger partial charge on any atom is -0.368 e. The number of aromatic nitrogens is 2. The second-order valence-corrected chi connectivity index (χ2v) is 7.90. The zero-order valence-corrected chi connectivity index (χ0v) is 13.5. The Morgan fingerprint density at radius 2 is 2.25 bits per heavy atom. The van der Waals surface area contributed by atoms with E-state index in [9.17, 15) is 0 Å². The van der Waals surface area contributed by atoms with Crippen LogP contribution in [0, 0.1) is 0 Å². The lowest BCUT2D eigenvalue weighted by Crippen LogP contribution is -2.27. The third kappa shape index (κ3) is 2.86. The summed E-state index contributed by atoms with van der Waals surface area (Å²) in [4.78, 5) is 10.2. The van der Waals surface area contributed by atoms with Crippen molar-refractivity contribution in [2.75, 3.05) is 29.5 Å². The van der Waals surface area contributed by atoms with Crippen LogP contribution in [0.15, 0.2) is 11.4 Å². The van der Waals surface area contributed by atoms with E-state index in [1.165, 1.54) is 18.6 Å². The summed E-state index contributed by atoms with van der Waals surface area (Å²) >= 11 is 3.73. The first-order valence-corrected chi connectivity index (χ1v) is 8.94. The van der Waals surface area contributed by atoms with E-state index in [-0.39, 0.29) is 0 Å². The highest BCUT2D eigenvalue weighted by molar-refractivity contribution is 8.00. The van der Waals surface area contributed by atoms with Crippen molar-refractivity contribution in [3.05, 3.63) is 11.4 Å². The van der Waals surface area contributed by atoms with Gasteiger partial charge >= 0.3 is 0 Å². The highest BCUT2D eigenvalue weighted by atomic mass is 32.2. The van der Waals surface area contributed by atoms with Crippen molar-refractivity contribution in [3.8, 4) is 0 Å². The summed E-state index contributed by atoms with van der Waals surface area (Å²) in [6.45, 7) is 6.20. The maximum absolute atomic E-state index is 4.62. The van der Waals surface area contributed by atoms with E-state index in [0.29, 0.717) is 10.7 Å². The van der Waals surface area contributed by atoms with Crippen molar-refractivity contribution in [2.24, 2.45) is 0 Å². The Balaban J connectivity index is 1.83. The van der Waals surface area contributed by atoms with Crippen molar-refractivity contribution in [3.63, 3.8) is 0 Å². The third-order valence-electron chi connectivity index (χ3n) is 3.59. The monoisotopic (exact) mass is 308 g/mol. The number of fused-ring (bicyclic) bond motifs is 1. The molecular weight excluding hydrogens is 288 g/mol. The second kappa shape index (κ2) is 5.77. The van der Waals surface area contributed by atoms with Crippen molar-refractivity contribution in [1.82, 2.24) is 9.97 Å². The minimum absolute atomic E-state index is 0.339. The van der Waals surface area contributed by atoms with Gasteiger partial charge in [-0.1, -0.05) is 0 Å². The number of nitrogens with one attached hydrogen (secondary N) is 2. The Kier molecular flexibility index (Phi) is 4.03. The van der Waals surface area contributed by atoms with Crippen molar-refractivity contribution < 1.29 is 0 Å². The Labute approximate surface area is 127 Å². The molecule has 2 N–H and O–H groups in total. The fourth-order valence-corrected chi connectivity index (χ4v) is 4.48. The van der Waals surface area contributed by atoms with E-state index in [1.54, 1.807) is 11.3 Å². The molecule has 0 bridgehead atoms. The highest BCUT2D eigenvalue weighted by Gasteiger charge is 2.29. The Morgan fingerprint density at radius 3 is 3.00 bits per heavy atom. The molecule has 20 heavy (non-hydrogen) atoms. The van der Waals surface area contributed by atoms with E-state index < -0.39 is 0 Å². The zero-order chi connectivity index (χ0) is 14.0. The number of anilines is 2. The first-order chi connectivity index (χ1) is 9.70. The average molecular weight is 308 g/mol. The zero-order valence-electron chi connectivity index (χ0n) is 11.9. The SMILES string of the molecule is CCNc1nc(NCC2(C)CCCS2)c2ccsc2n1. The highest BCUT2D eigenvalue weighted by Crippen LogP contribution is 2.38. The van der Waals surface area contributed by atoms with Gasteiger partial charge in [0.2, 0.25) is 5.95 Å². The van der Waals surface area contributed by atoms with Crippen molar-refractivity contribution in [2.45, 2.75) is 31.4 Å². The number of thiophene rings is 1. The van der Waals surface area contributed by atoms with Gasteiger partial charge in [0.25, 0.3) is 0 Å². The minimum atomic E-state index is 0.339. The summed E-state index contributed by atoms with van der Waals surface area (Å²) in [6, 6.07) is 2.10. The van der Waals surface area contributed by atoms with E-state index >= 15 is 0 Å². The largest absolute Gasteiger partial charge is 0.368 e. The Morgan fingerprint density at radius 1 is 1.35 bits per heavy atom. The van der Waals surface area contributed by atoms with E-state index in [4.69, 9.17) is 0 Å². The smallest absolute Gasteiger partial charge is 0.226 e. The average Bonchev–Trinajstić information content (AvgIpc) is 3.06.